The van der Waals surface area contributed by atoms with Crippen LogP contribution in [0.4, 0.5) is 0 Å². The van der Waals surface area contributed by atoms with Crippen molar-refractivity contribution in [2.75, 3.05) is 26.3 Å². The molecule has 0 spiro atoms. The number of nitrogens with zero attached hydrogens (tertiary/aromatic N) is 1. The van der Waals surface area contributed by atoms with Gasteiger partial charge in [0.05, 0.1) is 6.10 Å². The Bertz CT molecular complexity index is 418. The molecule has 5 heteroatoms. The zero-order chi connectivity index (χ0) is 15.6. The van der Waals surface area contributed by atoms with Crippen molar-refractivity contribution in [2.24, 2.45) is 5.92 Å². The third-order valence-electron chi connectivity index (χ3n) is 6.28. The summed E-state index contributed by atoms with van der Waals surface area (Å²) in [6, 6.07) is 1.05. The van der Waals surface area contributed by atoms with Gasteiger partial charge in [0, 0.05) is 31.8 Å². The van der Waals surface area contributed by atoms with E-state index in [0.717, 1.165) is 58.4 Å². The summed E-state index contributed by atoms with van der Waals surface area (Å²) in [7, 11) is 0. The topological polar surface area (TPSA) is 50.8 Å². The van der Waals surface area contributed by atoms with Crippen molar-refractivity contribution in [3.63, 3.8) is 0 Å². The second kappa shape index (κ2) is 7.08. The van der Waals surface area contributed by atoms with E-state index in [-0.39, 0.29) is 18.1 Å². The summed E-state index contributed by atoms with van der Waals surface area (Å²) >= 11 is 0. The molecule has 0 bridgehead atoms. The molecule has 1 amide bonds. The van der Waals surface area contributed by atoms with Crippen molar-refractivity contribution in [1.29, 1.82) is 0 Å². The SMILES string of the molecule is O=C(NC1CCCC1)[C@@H]1C[C@@H]2CCN(C3CCOCC3)C[C@H]2O1. The van der Waals surface area contributed by atoms with Crippen LogP contribution in [-0.4, -0.2) is 61.4 Å². The average Bonchev–Trinajstić information content (AvgIpc) is 3.24. The highest BCUT2D eigenvalue weighted by atomic mass is 16.5. The largest absolute Gasteiger partial charge is 0.381 e. The number of piperidine rings is 1. The molecule has 4 rings (SSSR count). The van der Waals surface area contributed by atoms with Crippen molar-refractivity contribution in [1.82, 2.24) is 10.2 Å². The van der Waals surface area contributed by atoms with Gasteiger partial charge in [-0.3, -0.25) is 9.69 Å². The van der Waals surface area contributed by atoms with Crippen LogP contribution in [0.2, 0.25) is 0 Å². The van der Waals surface area contributed by atoms with Gasteiger partial charge in [0.1, 0.15) is 6.10 Å². The number of likely N-dealkylation sites (tertiary alicyclic amines) is 1. The fourth-order valence-corrected chi connectivity index (χ4v) is 4.87. The van der Waals surface area contributed by atoms with Crippen molar-refractivity contribution < 1.29 is 14.3 Å². The van der Waals surface area contributed by atoms with Crippen molar-refractivity contribution in [3.8, 4) is 0 Å². The van der Waals surface area contributed by atoms with E-state index in [0.29, 0.717) is 18.0 Å². The van der Waals surface area contributed by atoms with Crippen molar-refractivity contribution >= 4 is 5.91 Å². The first-order valence-corrected chi connectivity index (χ1v) is 9.57. The lowest BCUT2D eigenvalue weighted by Crippen LogP contribution is -2.49. The molecule has 3 aliphatic heterocycles. The molecule has 130 valence electrons. The van der Waals surface area contributed by atoms with Gasteiger partial charge in [0.15, 0.2) is 0 Å². The first-order chi connectivity index (χ1) is 11.3. The lowest BCUT2D eigenvalue weighted by molar-refractivity contribution is -0.134. The minimum atomic E-state index is -0.208. The van der Waals surface area contributed by atoms with Gasteiger partial charge in [-0.05, 0) is 51.0 Å². The van der Waals surface area contributed by atoms with Crippen LogP contribution in [0.1, 0.15) is 51.4 Å². The Morgan fingerprint density at radius 2 is 1.83 bits per heavy atom. The van der Waals surface area contributed by atoms with Gasteiger partial charge in [0.2, 0.25) is 5.91 Å². The molecule has 3 atom stereocenters. The summed E-state index contributed by atoms with van der Waals surface area (Å²) in [6.45, 7) is 3.94. The summed E-state index contributed by atoms with van der Waals surface area (Å²) in [5.74, 6) is 0.717. The zero-order valence-electron chi connectivity index (χ0n) is 14.0. The maximum absolute atomic E-state index is 12.5. The number of rotatable bonds is 3. The van der Waals surface area contributed by atoms with E-state index < -0.39 is 0 Å². The third kappa shape index (κ3) is 3.57. The molecule has 23 heavy (non-hydrogen) atoms. The Morgan fingerprint density at radius 1 is 1.04 bits per heavy atom. The highest BCUT2D eigenvalue weighted by molar-refractivity contribution is 5.81. The molecular formula is C18H30N2O3. The van der Waals surface area contributed by atoms with Crippen molar-refractivity contribution in [2.45, 2.75) is 75.7 Å². The normalized spacial score (nSPS) is 37.0. The standard InChI is InChI=1S/C18H30N2O3/c21-18(19-14-3-1-2-4-14)16-11-13-5-8-20(12-17(13)23-16)15-6-9-22-10-7-15/h13-17H,1-12H2,(H,19,21)/t13-,16-,17+/m0/s1. The van der Waals surface area contributed by atoms with E-state index in [4.69, 9.17) is 9.47 Å². The van der Waals surface area contributed by atoms with E-state index in [1.54, 1.807) is 0 Å². The molecule has 4 aliphatic rings. The van der Waals surface area contributed by atoms with Crippen LogP contribution < -0.4 is 5.32 Å². The summed E-state index contributed by atoms with van der Waals surface area (Å²) in [5.41, 5.74) is 0. The maximum Gasteiger partial charge on any atom is 0.249 e. The second-order valence-electron chi connectivity index (χ2n) is 7.78. The fourth-order valence-electron chi connectivity index (χ4n) is 4.87. The van der Waals surface area contributed by atoms with Crippen LogP contribution in [0.3, 0.4) is 0 Å². The number of ether oxygens (including phenoxy) is 2. The second-order valence-corrected chi connectivity index (χ2v) is 7.78. The Kier molecular flexibility index (Phi) is 4.88. The first-order valence-electron chi connectivity index (χ1n) is 9.57. The molecule has 4 fully saturated rings. The lowest BCUT2D eigenvalue weighted by Gasteiger charge is -2.40. The first kappa shape index (κ1) is 15.9. The molecule has 0 aromatic heterocycles. The van der Waals surface area contributed by atoms with Crippen LogP contribution in [0, 0.1) is 5.92 Å². The van der Waals surface area contributed by atoms with Crippen LogP contribution in [0.15, 0.2) is 0 Å². The van der Waals surface area contributed by atoms with Gasteiger partial charge in [0.25, 0.3) is 0 Å². The number of hydrogen-bond acceptors (Lipinski definition) is 4. The summed E-state index contributed by atoms with van der Waals surface area (Å²) in [4.78, 5) is 15.0. The molecule has 3 saturated heterocycles. The third-order valence-corrected chi connectivity index (χ3v) is 6.28. The minimum absolute atomic E-state index is 0.143. The number of amides is 1. The highest BCUT2D eigenvalue weighted by Crippen LogP contribution is 2.35. The summed E-state index contributed by atoms with van der Waals surface area (Å²) < 4.78 is 11.7. The number of carbonyl (C=O) groups excluding carboxylic acids is 1. The summed E-state index contributed by atoms with van der Waals surface area (Å²) in [6.07, 6.45) is 9.22. The molecule has 1 N–H and O–H groups in total. The maximum atomic E-state index is 12.5. The number of nitrogens with one attached hydrogen (secondary N) is 1. The molecule has 5 nitrogen and oxygen atoms in total. The molecular weight excluding hydrogens is 292 g/mol. The monoisotopic (exact) mass is 322 g/mol. The zero-order valence-corrected chi connectivity index (χ0v) is 14.0. The molecule has 1 saturated carbocycles. The number of hydrogen-bond donors (Lipinski definition) is 1. The summed E-state index contributed by atoms with van der Waals surface area (Å²) in [5, 5.41) is 3.21. The van der Waals surface area contributed by atoms with Gasteiger partial charge in [-0.15, -0.1) is 0 Å². The molecule has 1 aliphatic carbocycles. The van der Waals surface area contributed by atoms with Gasteiger partial charge >= 0.3 is 0 Å². The van der Waals surface area contributed by atoms with Crippen LogP contribution in [-0.2, 0) is 14.3 Å². The van der Waals surface area contributed by atoms with Crippen LogP contribution >= 0.6 is 0 Å². The predicted molar refractivity (Wildman–Crippen MR) is 87.2 cm³/mol. The van der Waals surface area contributed by atoms with Gasteiger partial charge in [-0.25, -0.2) is 0 Å². The predicted octanol–water partition coefficient (Wildman–Crippen LogP) is 1.70. The quantitative estimate of drug-likeness (QED) is 0.859. The van der Waals surface area contributed by atoms with E-state index in [9.17, 15) is 4.79 Å². The average molecular weight is 322 g/mol. The molecule has 0 aromatic rings. The number of carbonyl (C=O) groups is 1. The lowest BCUT2D eigenvalue weighted by atomic mass is 9.90. The van der Waals surface area contributed by atoms with E-state index in [1.165, 1.54) is 19.3 Å². The minimum Gasteiger partial charge on any atom is -0.381 e. The molecule has 0 unspecified atom stereocenters. The fraction of sp³-hybridized carbons (Fsp3) is 0.944. The van der Waals surface area contributed by atoms with E-state index in [2.05, 4.69) is 10.2 Å². The molecule has 3 heterocycles. The van der Waals surface area contributed by atoms with Crippen molar-refractivity contribution in [3.05, 3.63) is 0 Å². The van der Waals surface area contributed by atoms with Crippen LogP contribution in [0.25, 0.3) is 0 Å². The smallest absolute Gasteiger partial charge is 0.249 e. The van der Waals surface area contributed by atoms with Gasteiger partial charge in [-0.1, -0.05) is 12.8 Å². The Balaban J connectivity index is 1.29. The Hall–Kier alpha value is -0.650. The number of fused-ring (bicyclic) bond motifs is 1. The van der Waals surface area contributed by atoms with E-state index >= 15 is 0 Å². The Morgan fingerprint density at radius 3 is 2.61 bits per heavy atom. The van der Waals surface area contributed by atoms with Gasteiger partial charge < -0.3 is 14.8 Å². The van der Waals surface area contributed by atoms with E-state index in [1.807, 2.05) is 0 Å². The Labute approximate surface area is 139 Å². The highest BCUT2D eigenvalue weighted by Gasteiger charge is 2.43. The van der Waals surface area contributed by atoms with Gasteiger partial charge in [-0.2, -0.15) is 0 Å². The van der Waals surface area contributed by atoms with Crippen LogP contribution in [0.5, 0.6) is 0 Å². The molecule has 0 aromatic carbocycles. The molecule has 0 radical (unpaired) electrons.